The highest BCUT2D eigenvalue weighted by Crippen LogP contribution is 2.19. The van der Waals surface area contributed by atoms with E-state index >= 15 is 0 Å². The van der Waals surface area contributed by atoms with Crippen molar-refractivity contribution in [2.45, 2.75) is 38.6 Å². The first kappa shape index (κ1) is 19.3. The third-order valence-electron chi connectivity index (χ3n) is 3.87. The van der Waals surface area contributed by atoms with Crippen LogP contribution >= 0.6 is 0 Å². The molecule has 0 radical (unpaired) electrons. The Hall–Kier alpha value is -1.98. The third kappa shape index (κ3) is 6.44. The van der Waals surface area contributed by atoms with Gasteiger partial charge in [0, 0.05) is 0 Å². The van der Waals surface area contributed by atoms with E-state index in [4.69, 9.17) is 9.47 Å². The number of rotatable bonds is 5. The van der Waals surface area contributed by atoms with Crippen LogP contribution in [0.2, 0.25) is 0 Å². The van der Waals surface area contributed by atoms with Crippen LogP contribution in [-0.4, -0.2) is 25.9 Å². The smallest absolute Gasteiger partial charge is 0.200 e. The molecular weight excluding hydrogens is 326 g/mol. The van der Waals surface area contributed by atoms with Gasteiger partial charge in [0.2, 0.25) is 5.82 Å². The second kappa shape index (κ2) is 10.1. The molecule has 2 aromatic carbocycles. The Morgan fingerprint density at radius 3 is 2.40 bits per heavy atom. The molecule has 0 N–H and O–H groups in total. The lowest BCUT2D eigenvalue weighted by Gasteiger charge is -2.11. The molecule has 1 saturated heterocycles. The molecule has 0 aromatic heterocycles. The molecule has 5 heteroatoms. The Balaban J connectivity index is 0.000000196. The van der Waals surface area contributed by atoms with Crippen molar-refractivity contribution in [1.82, 2.24) is 0 Å². The van der Waals surface area contributed by atoms with Crippen LogP contribution < -0.4 is 4.74 Å². The molecule has 3 rings (SSSR count). The highest BCUT2D eigenvalue weighted by atomic mass is 19.2. The second-order valence-electron chi connectivity index (χ2n) is 5.90. The van der Waals surface area contributed by atoms with E-state index in [-0.39, 0.29) is 5.75 Å². The van der Waals surface area contributed by atoms with Crippen LogP contribution in [-0.2, 0) is 16.1 Å². The lowest BCUT2D eigenvalue weighted by Crippen LogP contribution is -2.15. The lowest BCUT2D eigenvalue weighted by molar-refractivity contribution is -0.0142. The van der Waals surface area contributed by atoms with Crippen LogP contribution in [0, 0.1) is 11.6 Å². The van der Waals surface area contributed by atoms with E-state index in [9.17, 15) is 8.78 Å². The number of methoxy groups -OCH3 is 1. The highest BCUT2D eigenvalue weighted by Gasteiger charge is 2.21. The molecule has 1 aliphatic heterocycles. The summed E-state index contributed by atoms with van der Waals surface area (Å²) in [4.78, 5) is 0. The summed E-state index contributed by atoms with van der Waals surface area (Å²) in [5, 5.41) is 0. The molecule has 2 unspecified atom stereocenters. The number of hydrogen-bond donors (Lipinski definition) is 0. The number of ether oxygens (including phenoxy) is 3. The summed E-state index contributed by atoms with van der Waals surface area (Å²) in [6.45, 7) is 3.53. The minimum absolute atomic E-state index is 0.0694. The predicted octanol–water partition coefficient (Wildman–Crippen LogP) is 4.74. The quantitative estimate of drug-likeness (QED) is 0.779. The zero-order chi connectivity index (χ0) is 18.1. The Kier molecular flexibility index (Phi) is 7.82. The van der Waals surface area contributed by atoms with Crippen molar-refractivity contribution in [3.8, 4) is 5.75 Å². The fourth-order valence-electron chi connectivity index (χ4n) is 2.53. The summed E-state index contributed by atoms with van der Waals surface area (Å²) in [6, 6.07) is 14.0. The standard InChI is InChI=1S/C13H18O2.C7H6F2O/c1-11-7-8-13(15-11)10-14-9-12-5-3-2-4-6-12;1-10-6-4-2-3-5(8)7(6)9/h2-6,11,13H,7-10H2,1H3;2-4H,1H3. The van der Waals surface area contributed by atoms with Gasteiger partial charge in [0.05, 0.1) is 32.5 Å². The SMILES string of the molecule is CC1CCC(COCc2ccccc2)O1.COc1cccc(F)c1F. The molecule has 0 aliphatic carbocycles. The summed E-state index contributed by atoms with van der Waals surface area (Å²) < 4.78 is 40.6. The van der Waals surface area contributed by atoms with Gasteiger partial charge in [-0.1, -0.05) is 36.4 Å². The Labute approximate surface area is 147 Å². The number of benzene rings is 2. The molecule has 1 aliphatic rings. The van der Waals surface area contributed by atoms with Crippen LogP contribution in [0.3, 0.4) is 0 Å². The average molecular weight is 350 g/mol. The predicted molar refractivity (Wildman–Crippen MR) is 92.6 cm³/mol. The van der Waals surface area contributed by atoms with Gasteiger partial charge in [0.25, 0.3) is 0 Å². The van der Waals surface area contributed by atoms with E-state index in [1.165, 1.54) is 31.2 Å². The summed E-state index contributed by atoms with van der Waals surface area (Å²) in [5.41, 5.74) is 1.23. The second-order valence-corrected chi connectivity index (χ2v) is 5.90. The van der Waals surface area contributed by atoms with Gasteiger partial charge in [-0.05, 0) is 37.5 Å². The van der Waals surface area contributed by atoms with E-state index in [2.05, 4.69) is 23.8 Å². The van der Waals surface area contributed by atoms with Crippen LogP contribution in [0.15, 0.2) is 48.5 Å². The van der Waals surface area contributed by atoms with Crippen molar-refractivity contribution < 1.29 is 23.0 Å². The first-order valence-electron chi connectivity index (χ1n) is 8.35. The highest BCUT2D eigenvalue weighted by molar-refractivity contribution is 5.24. The van der Waals surface area contributed by atoms with Crippen LogP contribution in [0.5, 0.6) is 5.75 Å². The molecule has 1 fully saturated rings. The van der Waals surface area contributed by atoms with Gasteiger partial charge in [-0.3, -0.25) is 0 Å². The van der Waals surface area contributed by atoms with E-state index in [0.717, 1.165) is 19.1 Å². The first-order chi connectivity index (χ1) is 12.1. The molecule has 136 valence electrons. The normalized spacial score (nSPS) is 19.2. The minimum Gasteiger partial charge on any atom is -0.494 e. The molecule has 2 atom stereocenters. The Morgan fingerprint density at radius 2 is 1.80 bits per heavy atom. The van der Waals surface area contributed by atoms with Gasteiger partial charge in [0.1, 0.15) is 0 Å². The van der Waals surface area contributed by atoms with Crippen LogP contribution in [0.4, 0.5) is 8.78 Å². The van der Waals surface area contributed by atoms with Crippen LogP contribution in [0.1, 0.15) is 25.3 Å². The maximum absolute atomic E-state index is 12.5. The average Bonchev–Trinajstić information content (AvgIpc) is 3.04. The van der Waals surface area contributed by atoms with Crippen LogP contribution in [0.25, 0.3) is 0 Å². The minimum atomic E-state index is -0.940. The number of halogens is 2. The van der Waals surface area contributed by atoms with Crippen molar-refractivity contribution in [3.05, 3.63) is 65.7 Å². The lowest BCUT2D eigenvalue weighted by atomic mass is 10.2. The Bertz CT molecular complexity index is 634. The maximum atomic E-state index is 12.5. The third-order valence-corrected chi connectivity index (χ3v) is 3.87. The van der Waals surface area contributed by atoms with Gasteiger partial charge in [-0.15, -0.1) is 0 Å². The van der Waals surface area contributed by atoms with E-state index < -0.39 is 11.6 Å². The molecule has 1 heterocycles. The van der Waals surface area contributed by atoms with E-state index in [1.807, 2.05) is 18.2 Å². The van der Waals surface area contributed by atoms with Crippen molar-refractivity contribution in [3.63, 3.8) is 0 Å². The maximum Gasteiger partial charge on any atom is 0.200 e. The van der Waals surface area contributed by atoms with E-state index in [1.54, 1.807) is 0 Å². The molecule has 0 amide bonds. The Morgan fingerprint density at radius 1 is 1.04 bits per heavy atom. The molecule has 0 spiro atoms. The molecule has 3 nitrogen and oxygen atoms in total. The summed E-state index contributed by atoms with van der Waals surface area (Å²) in [7, 11) is 1.29. The van der Waals surface area contributed by atoms with Gasteiger partial charge in [-0.25, -0.2) is 4.39 Å². The molecule has 25 heavy (non-hydrogen) atoms. The number of hydrogen-bond acceptors (Lipinski definition) is 3. The zero-order valence-electron chi connectivity index (χ0n) is 14.6. The summed E-state index contributed by atoms with van der Waals surface area (Å²) in [5.74, 6) is -1.90. The van der Waals surface area contributed by atoms with Gasteiger partial charge in [-0.2, -0.15) is 4.39 Å². The van der Waals surface area contributed by atoms with Crippen molar-refractivity contribution in [2.75, 3.05) is 13.7 Å². The zero-order valence-corrected chi connectivity index (χ0v) is 14.6. The molecule has 0 bridgehead atoms. The van der Waals surface area contributed by atoms with Gasteiger partial charge < -0.3 is 14.2 Å². The fraction of sp³-hybridized carbons (Fsp3) is 0.400. The largest absolute Gasteiger partial charge is 0.494 e. The van der Waals surface area contributed by atoms with Crippen molar-refractivity contribution >= 4 is 0 Å². The van der Waals surface area contributed by atoms with E-state index in [0.29, 0.717) is 18.8 Å². The molecule has 2 aromatic rings. The fourth-order valence-corrected chi connectivity index (χ4v) is 2.53. The molecular formula is C20H24F2O3. The van der Waals surface area contributed by atoms with Gasteiger partial charge >= 0.3 is 0 Å². The van der Waals surface area contributed by atoms with Crippen molar-refractivity contribution in [2.24, 2.45) is 0 Å². The topological polar surface area (TPSA) is 27.7 Å². The molecule has 0 saturated carbocycles. The summed E-state index contributed by atoms with van der Waals surface area (Å²) in [6.07, 6.45) is 3.02. The van der Waals surface area contributed by atoms with Gasteiger partial charge in [0.15, 0.2) is 11.6 Å². The first-order valence-corrected chi connectivity index (χ1v) is 8.35. The summed E-state index contributed by atoms with van der Waals surface area (Å²) >= 11 is 0. The monoisotopic (exact) mass is 350 g/mol. The van der Waals surface area contributed by atoms with Crippen molar-refractivity contribution in [1.29, 1.82) is 0 Å².